The van der Waals surface area contributed by atoms with Crippen LogP contribution in [0.25, 0.3) is 71.7 Å². The highest BCUT2D eigenvalue weighted by atomic mass is 79.9. The van der Waals surface area contributed by atoms with E-state index in [0.29, 0.717) is 0 Å². The lowest BCUT2D eigenvalue weighted by molar-refractivity contribution is 0.669. The normalized spacial score (nSPS) is 11.7. The van der Waals surface area contributed by atoms with Gasteiger partial charge in [-0.2, -0.15) is 0 Å². The first-order chi connectivity index (χ1) is 19.2. The zero-order valence-corrected chi connectivity index (χ0v) is 22.5. The number of halogens is 1. The third-order valence-corrected chi connectivity index (χ3v) is 8.20. The fourth-order valence-electron chi connectivity index (χ4n) is 5.87. The molecule has 3 heteroatoms. The standard InChI is InChI=1S/C36H22BrNO/c37-27-18-15-23(16-19-27)24-7-5-8-25(21-24)26-17-20-29-28-9-1-3-11-31(28)38(33(29)22-26)32-12-6-14-35-36(32)30-10-2-4-13-34(30)39-35/h1-22H. The molecule has 0 radical (unpaired) electrons. The van der Waals surface area contributed by atoms with Crippen LogP contribution in [0.5, 0.6) is 0 Å². The van der Waals surface area contributed by atoms with E-state index in [9.17, 15) is 0 Å². The second-order valence-electron chi connectivity index (χ2n) is 9.92. The zero-order chi connectivity index (χ0) is 25.9. The summed E-state index contributed by atoms with van der Waals surface area (Å²) in [5, 5.41) is 4.75. The van der Waals surface area contributed by atoms with Gasteiger partial charge in [-0.05, 0) is 70.8 Å². The topological polar surface area (TPSA) is 18.1 Å². The molecule has 2 nitrogen and oxygen atoms in total. The third-order valence-electron chi connectivity index (χ3n) is 7.67. The molecule has 8 rings (SSSR count). The number of rotatable bonds is 3. The summed E-state index contributed by atoms with van der Waals surface area (Å²) in [5.41, 5.74) is 10.1. The molecule has 0 amide bonds. The van der Waals surface area contributed by atoms with Crippen LogP contribution >= 0.6 is 15.9 Å². The van der Waals surface area contributed by atoms with E-state index in [2.05, 4.69) is 142 Å². The quantitative estimate of drug-likeness (QED) is 0.209. The van der Waals surface area contributed by atoms with Crippen LogP contribution in [0.1, 0.15) is 0 Å². The Hall–Kier alpha value is -4.60. The van der Waals surface area contributed by atoms with Gasteiger partial charge in [-0.1, -0.05) is 101 Å². The van der Waals surface area contributed by atoms with Crippen molar-refractivity contribution >= 4 is 59.7 Å². The van der Waals surface area contributed by atoms with Gasteiger partial charge in [0.15, 0.2) is 0 Å². The Morgan fingerprint density at radius 3 is 1.97 bits per heavy atom. The van der Waals surface area contributed by atoms with Crippen LogP contribution in [0, 0.1) is 0 Å². The van der Waals surface area contributed by atoms with Gasteiger partial charge in [0.2, 0.25) is 0 Å². The Labute approximate surface area is 233 Å². The molecule has 39 heavy (non-hydrogen) atoms. The third kappa shape index (κ3) is 3.54. The molecule has 0 fully saturated rings. The van der Waals surface area contributed by atoms with Crippen LogP contribution in [0.2, 0.25) is 0 Å². The minimum atomic E-state index is 0.901. The summed E-state index contributed by atoms with van der Waals surface area (Å²) in [4.78, 5) is 0. The van der Waals surface area contributed by atoms with Crippen molar-refractivity contribution in [2.75, 3.05) is 0 Å². The van der Waals surface area contributed by atoms with E-state index in [1.807, 2.05) is 12.1 Å². The molecule has 0 saturated heterocycles. The number of hydrogen-bond acceptors (Lipinski definition) is 1. The van der Waals surface area contributed by atoms with Gasteiger partial charge in [-0.25, -0.2) is 0 Å². The first kappa shape index (κ1) is 22.4. The van der Waals surface area contributed by atoms with E-state index in [1.165, 1.54) is 44.1 Å². The van der Waals surface area contributed by atoms with Gasteiger partial charge in [0.25, 0.3) is 0 Å². The maximum absolute atomic E-state index is 6.25. The van der Waals surface area contributed by atoms with E-state index in [-0.39, 0.29) is 0 Å². The average molecular weight is 564 g/mol. The fourth-order valence-corrected chi connectivity index (χ4v) is 6.14. The highest BCUT2D eigenvalue weighted by Crippen LogP contribution is 2.40. The van der Waals surface area contributed by atoms with Crippen LogP contribution in [0.15, 0.2) is 142 Å². The number of fused-ring (bicyclic) bond motifs is 6. The summed E-state index contributed by atoms with van der Waals surface area (Å²) in [6.45, 7) is 0. The van der Waals surface area contributed by atoms with Gasteiger partial charge in [0.1, 0.15) is 11.2 Å². The summed E-state index contributed by atoms with van der Waals surface area (Å²) >= 11 is 3.55. The molecule has 8 aromatic rings. The summed E-state index contributed by atoms with van der Waals surface area (Å²) in [7, 11) is 0. The second kappa shape index (κ2) is 8.72. The minimum absolute atomic E-state index is 0.901. The predicted octanol–water partition coefficient (Wildman–Crippen LogP) is 10.8. The van der Waals surface area contributed by atoms with Gasteiger partial charge in [-0.3, -0.25) is 0 Å². The van der Waals surface area contributed by atoms with Gasteiger partial charge < -0.3 is 8.98 Å². The molecule has 0 aliphatic heterocycles. The molecular weight excluding hydrogens is 542 g/mol. The maximum atomic E-state index is 6.25. The summed E-state index contributed by atoms with van der Waals surface area (Å²) in [6, 6.07) is 47.4. The molecule has 0 N–H and O–H groups in total. The fraction of sp³-hybridized carbons (Fsp3) is 0. The first-order valence-electron chi connectivity index (χ1n) is 13.0. The van der Waals surface area contributed by atoms with E-state index >= 15 is 0 Å². The molecule has 0 bridgehead atoms. The molecule has 0 saturated carbocycles. The number of para-hydroxylation sites is 2. The Morgan fingerprint density at radius 2 is 1.10 bits per heavy atom. The SMILES string of the molecule is Brc1ccc(-c2cccc(-c3ccc4c5ccccc5n(-c5cccc6oc7ccccc7c56)c4c3)c2)cc1. The van der Waals surface area contributed by atoms with E-state index in [1.54, 1.807) is 0 Å². The maximum Gasteiger partial charge on any atom is 0.137 e. The summed E-state index contributed by atoms with van der Waals surface area (Å²) < 4.78 is 9.74. The Kier molecular flexibility index (Phi) is 5.01. The molecule has 0 aliphatic carbocycles. The van der Waals surface area contributed by atoms with Crippen LogP contribution in [0.4, 0.5) is 0 Å². The lowest BCUT2D eigenvalue weighted by atomic mass is 9.98. The van der Waals surface area contributed by atoms with E-state index in [4.69, 9.17) is 4.42 Å². The molecule has 0 unspecified atom stereocenters. The van der Waals surface area contributed by atoms with Crippen molar-refractivity contribution in [1.29, 1.82) is 0 Å². The zero-order valence-electron chi connectivity index (χ0n) is 20.9. The molecule has 0 spiro atoms. The van der Waals surface area contributed by atoms with Crippen molar-refractivity contribution in [2.24, 2.45) is 0 Å². The van der Waals surface area contributed by atoms with Crippen LogP contribution in [-0.2, 0) is 0 Å². The largest absolute Gasteiger partial charge is 0.456 e. The van der Waals surface area contributed by atoms with E-state index in [0.717, 1.165) is 32.1 Å². The van der Waals surface area contributed by atoms with Crippen LogP contribution in [-0.4, -0.2) is 4.57 Å². The number of aromatic nitrogens is 1. The average Bonchev–Trinajstić information content (AvgIpc) is 3.53. The molecule has 0 atom stereocenters. The van der Waals surface area contributed by atoms with E-state index < -0.39 is 0 Å². The smallest absolute Gasteiger partial charge is 0.137 e. The van der Waals surface area contributed by atoms with Crippen molar-refractivity contribution < 1.29 is 4.42 Å². The van der Waals surface area contributed by atoms with Gasteiger partial charge in [-0.15, -0.1) is 0 Å². The number of hydrogen-bond donors (Lipinski definition) is 0. The van der Waals surface area contributed by atoms with Crippen molar-refractivity contribution in [2.45, 2.75) is 0 Å². The lowest BCUT2D eigenvalue weighted by Crippen LogP contribution is -1.95. The van der Waals surface area contributed by atoms with Crippen molar-refractivity contribution in [3.05, 3.63) is 138 Å². The van der Waals surface area contributed by atoms with Gasteiger partial charge in [0.05, 0.1) is 22.1 Å². The Bertz CT molecular complexity index is 2180. The molecule has 0 aliphatic rings. The van der Waals surface area contributed by atoms with Crippen LogP contribution in [0.3, 0.4) is 0 Å². The van der Waals surface area contributed by atoms with Crippen LogP contribution < -0.4 is 0 Å². The molecule has 6 aromatic carbocycles. The van der Waals surface area contributed by atoms with Gasteiger partial charge >= 0.3 is 0 Å². The van der Waals surface area contributed by atoms with Crippen molar-refractivity contribution in [3.8, 4) is 27.9 Å². The monoisotopic (exact) mass is 563 g/mol. The lowest BCUT2D eigenvalue weighted by Gasteiger charge is -2.11. The summed E-state index contributed by atoms with van der Waals surface area (Å²) in [5.74, 6) is 0. The molecular formula is C36H22BrNO. The molecule has 2 aromatic heterocycles. The highest BCUT2D eigenvalue weighted by molar-refractivity contribution is 9.10. The first-order valence-corrected chi connectivity index (χ1v) is 13.8. The second-order valence-corrected chi connectivity index (χ2v) is 10.8. The highest BCUT2D eigenvalue weighted by Gasteiger charge is 2.18. The number of benzene rings is 6. The number of furan rings is 1. The molecule has 2 heterocycles. The predicted molar refractivity (Wildman–Crippen MR) is 167 cm³/mol. The Morgan fingerprint density at radius 1 is 0.462 bits per heavy atom. The van der Waals surface area contributed by atoms with Crippen molar-refractivity contribution in [1.82, 2.24) is 4.57 Å². The number of nitrogens with zero attached hydrogens (tertiary/aromatic N) is 1. The Balaban J connectivity index is 1.40. The van der Waals surface area contributed by atoms with Crippen molar-refractivity contribution in [3.63, 3.8) is 0 Å². The minimum Gasteiger partial charge on any atom is -0.456 e. The molecule has 184 valence electrons. The van der Waals surface area contributed by atoms with Gasteiger partial charge in [0, 0.05) is 20.6 Å². The summed E-state index contributed by atoms with van der Waals surface area (Å²) in [6.07, 6.45) is 0.